The molecule has 1 heterocycles. The highest BCUT2D eigenvalue weighted by atomic mass is 16.5. The van der Waals surface area contributed by atoms with Crippen LogP contribution >= 0.6 is 0 Å². The zero-order chi connectivity index (χ0) is 19.2. The van der Waals surface area contributed by atoms with E-state index in [9.17, 15) is 9.59 Å². The third kappa shape index (κ3) is 5.09. The van der Waals surface area contributed by atoms with Gasteiger partial charge in [-0.2, -0.15) is 0 Å². The van der Waals surface area contributed by atoms with Crippen molar-refractivity contribution in [2.75, 3.05) is 25.0 Å². The first-order valence-corrected chi connectivity index (χ1v) is 9.36. The quantitative estimate of drug-likeness (QED) is 0.880. The molecule has 1 aliphatic rings. The van der Waals surface area contributed by atoms with E-state index < -0.39 is 0 Å². The Labute approximate surface area is 160 Å². The third-order valence-electron chi connectivity index (χ3n) is 4.94. The summed E-state index contributed by atoms with van der Waals surface area (Å²) in [6, 6.07) is 15.4. The van der Waals surface area contributed by atoms with Crippen LogP contribution in [0.5, 0.6) is 5.75 Å². The van der Waals surface area contributed by atoms with Gasteiger partial charge in [-0.1, -0.05) is 35.9 Å². The fourth-order valence-corrected chi connectivity index (χ4v) is 3.35. The summed E-state index contributed by atoms with van der Waals surface area (Å²) >= 11 is 0. The molecule has 1 saturated heterocycles. The molecule has 0 unspecified atom stereocenters. The van der Waals surface area contributed by atoms with Gasteiger partial charge in [-0.25, -0.2) is 0 Å². The monoisotopic (exact) mass is 366 g/mol. The Hall–Kier alpha value is -2.82. The molecule has 0 radical (unpaired) electrons. The largest absolute Gasteiger partial charge is 0.484 e. The van der Waals surface area contributed by atoms with Gasteiger partial charge < -0.3 is 15.0 Å². The van der Waals surface area contributed by atoms with Gasteiger partial charge in [-0.15, -0.1) is 0 Å². The summed E-state index contributed by atoms with van der Waals surface area (Å²) in [5.74, 6) is 0.678. The first-order chi connectivity index (χ1) is 13.0. The predicted octanol–water partition coefficient (Wildman–Crippen LogP) is 3.56. The van der Waals surface area contributed by atoms with Gasteiger partial charge in [0, 0.05) is 24.7 Å². The second-order valence-corrected chi connectivity index (χ2v) is 7.07. The van der Waals surface area contributed by atoms with Crippen LogP contribution in [0, 0.1) is 19.8 Å². The summed E-state index contributed by atoms with van der Waals surface area (Å²) in [6.07, 6.45) is 1.35. The van der Waals surface area contributed by atoms with E-state index in [4.69, 9.17) is 4.74 Å². The first-order valence-electron chi connectivity index (χ1n) is 9.36. The summed E-state index contributed by atoms with van der Waals surface area (Å²) < 4.78 is 5.69. The zero-order valence-electron chi connectivity index (χ0n) is 15.9. The molecule has 0 aliphatic carbocycles. The Balaban J connectivity index is 1.45. The number of hydrogen-bond acceptors (Lipinski definition) is 3. The van der Waals surface area contributed by atoms with E-state index in [2.05, 4.69) is 5.32 Å². The van der Waals surface area contributed by atoms with Crippen molar-refractivity contribution >= 4 is 17.5 Å². The maximum Gasteiger partial charge on any atom is 0.260 e. The van der Waals surface area contributed by atoms with Crippen LogP contribution in [0.1, 0.15) is 24.0 Å². The summed E-state index contributed by atoms with van der Waals surface area (Å²) in [6.45, 7) is 5.21. The molecule has 2 amide bonds. The number of anilines is 1. The van der Waals surface area contributed by atoms with Crippen LogP contribution in [0.25, 0.3) is 0 Å². The van der Waals surface area contributed by atoms with Crippen LogP contribution in [0.15, 0.2) is 48.5 Å². The van der Waals surface area contributed by atoms with E-state index >= 15 is 0 Å². The minimum atomic E-state index is -0.0606. The van der Waals surface area contributed by atoms with Gasteiger partial charge in [-0.05, 0) is 50.5 Å². The van der Waals surface area contributed by atoms with E-state index in [1.54, 1.807) is 4.90 Å². The summed E-state index contributed by atoms with van der Waals surface area (Å²) in [5.41, 5.74) is 3.00. The van der Waals surface area contributed by atoms with Gasteiger partial charge in [0.15, 0.2) is 6.61 Å². The Morgan fingerprint density at radius 1 is 1.07 bits per heavy atom. The maximum absolute atomic E-state index is 12.4. The smallest absolute Gasteiger partial charge is 0.260 e. The van der Waals surface area contributed by atoms with E-state index in [-0.39, 0.29) is 24.3 Å². The van der Waals surface area contributed by atoms with Crippen molar-refractivity contribution in [3.8, 4) is 5.75 Å². The lowest BCUT2D eigenvalue weighted by atomic mass is 9.95. The Morgan fingerprint density at radius 3 is 2.44 bits per heavy atom. The molecule has 2 aromatic carbocycles. The van der Waals surface area contributed by atoms with Crippen LogP contribution in [-0.2, 0) is 9.59 Å². The number of nitrogens with one attached hydrogen (secondary N) is 1. The second kappa shape index (κ2) is 8.71. The lowest BCUT2D eigenvalue weighted by Crippen LogP contribution is -2.43. The van der Waals surface area contributed by atoms with Crippen molar-refractivity contribution in [1.29, 1.82) is 0 Å². The van der Waals surface area contributed by atoms with Crippen LogP contribution in [0.4, 0.5) is 5.69 Å². The summed E-state index contributed by atoms with van der Waals surface area (Å²) in [4.78, 5) is 26.6. The topological polar surface area (TPSA) is 58.6 Å². The van der Waals surface area contributed by atoms with Crippen molar-refractivity contribution in [3.63, 3.8) is 0 Å². The van der Waals surface area contributed by atoms with Crippen molar-refractivity contribution < 1.29 is 14.3 Å². The van der Waals surface area contributed by atoms with Crippen LogP contribution in [-0.4, -0.2) is 36.4 Å². The SMILES string of the molecule is Cc1ccc(OCC(=O)N2CCC(C(=O)Nc3ccccc3)CC2)c(C)c1. The number of amides is 2. The van der Waals surface area contributed by atoms with Gasteiger partial charge in [0.1, 0.15) is 5.75 Å². The van der Waals surface area contributed by atoms with Gasteiger partial charge in [0.05, 0.1) is 0 Å². The Morgan fingerprint density at radius 2 is 1.78 bits per heavy atom. The highest BCUT2D eigenvalue weighted by Crippen LogP contribution is 2.21. The number of benzene rings is 2. The number of piperidine rings is 1. The number of hydrogen-bond donors (Lipinski definition) is 1. The molecule has 2 aromatic rings. The van der Waals surface area contributed by atoms with Crippen LogP contribution < -0.4 is 10.1 Å². The van der Waals surface area contributed by atoms with Crippen molar-refractivity contribution in [2.45, 2.75) is 26.7 Å². The molecule has 0 bridgehead atoms. The summed E-state index contributed by atoms with van der Waals surface area (Å²) in [5, 5.41) is 2.95. The minimum Gasteiger partial charge on any atom is -0.484 e. The van der Waals surface area contributed by atoms with Crippen molar-refractivity contribution in [2.24, 2.45) is 5.92 Å². The van der Waals surface area contributed by atoms with Crippen LogP contribution in [0.2, 0.25) is 0 Å². The molecule has 0 atom stereocenters. The number of ether oxygens (including phenoxy) is 1. The predicted molar refractivity (Wildman–Crippen MR) is 106 cm³/mol. The molecule has 0 spiro atoms. The molecule has 1 aliphatic heterocycles. The van der Waals surface area contributed by atoms with Crippen LogP contribution in [0.3, 0.4) is 0 Å². The standard InChI is InChI=1S/C22H26N2O3/c1-16-8-9-20(17(2)14-16)27-15-21(25)24-12-10-18(11-13-24)22(26)23-19-6-4-3-5-7-19/h3-9,14,18H,10-13,15H2,1-2H3,(H,23,26). The zero-order valence-corrected chi connectivity index (χ0v) is 15.9. The lowest BCUT2D eigenvalue weighted by molar-refractivity contribution is -0.136. The number of carbonyl (C=O) groups excluding carboxylic acids is 2. The maximum atomic E-state index is 12.4. The Kier molecular flexibility index (Phi) is 6.12. The molecule has 0 saturated carbocycles. The average Bonchev–Trinajstić information content (AvgIpc) is 2.68. The van der Waals surface area contributed by atoms with Gasteiger partial charge in [-0.3, -0.25) is 9.59 Å². The molecule has 0 aromatic heterocycles. The number of rotatable bonds is 5. The second-order valence-electron chi connectivity index (χ2n) is 7.07. The third-order valence-corrected chi connectivity index (χ3v) is 4.94. The number of nitrogens with zero attached hydrogens (tertiary/aromatic N) is 1. The fourth-order valence-electron chi connectivity index (χ4n) is 3.35. The first kappa shape index (κ1) is 19.0. The molecule has 142 valence electrons. The van der Waals surface area contributed by atoms with E-state index in [0.717, 1.165) is 17.0 Å². The fraction of sp³-hybridized carbons (Fsp3) is 0.364. The lowest BCUT2D eigenvalue weighted by Gasteiger charge is -2.31. The highest BCUT2D eigenvalue weighted by Gasteiger charge is 2.27. The molecule has 1 fully saturated rings. The molecule has 5 nitrogen and oxygen atoms in total. The van der Waals surface area contributed by atoms with E-state index in [1.165, 1.54) is 5.56 Å². The molecule has 27 heavy (non-hydrogen) atoms. The van der Waals surface area contributed by atoms with Crippen molar-refractivity contribution in [3.05, 3.63) is 59.7 Å². The van der Waals surface area contributed by atoms with Crippen molar-refractivity contribution in [1.82, 2.24) is 4.90 Å². The van der Waals surface area contributed by atoms with E-state index in [0.29, 0.717) is 25.9 Å². The van der Waals surface area contributed by atoms with E-state index in [1.807, 2.05) is 62.4 Å². The molecular formula is C22H26N2O3. The normalized spacial score (nSPS) is 14.7. The van der Waals surface area contributed by atoms with Gasteiger partial charge in [0.2, 0.25) is 5.91 Å². The number of carbonyl (C=O) groups is 2. The van der Waals surface area contributed by atoms with Gasteiger partial charge in [0.25, 0.3) is 5.91 Å². The minimum absolute atomic E-state index is 0.0276. The molecular weight excluding hydrogens is 340 g/mol. The Bertz CT molecular complexity index is 796. The number of likely N-dealkylation sites (tertiary alicyclic amines) is 1. The number of para-hydroxylation sites is 1. The average molecular weight is 366 g/mol. The molecule has 1 N–H and O–H groups in total. The molecule has 5 heteroatoms. The molecule has 3 rings (SSSR count). The van der Waals surface area contributed by atoms with Gasteiger partial charge >= 0.3 is 0 Å². The highest BCUT2D eigenvalue weighted by molar-refractivity contribution is 5.92. The summed E-state index contributed by atoms with van der Waals surface area (Å²) in [7, 11) is 0. The number of aryl methyl sites for hydroxylation is 2.